The SMILES string of the molecule is C=COB(O)O.[SrH2].[Zr]. The van der Waals surface area contributed by atoms with Crippen molar-refractivity contribution in [1.82, 2.24) is 0 Å². The second-order valence-electron chi connectivity index (χ2n) is 0.629. The summed E-state index contributed by atoms with van der Waals surface area (Å²) in [4.78, 5) is 0. The van der Waals surface area contributed by atoms with E-state index in [9.17, 15) is 0 Å². The van der Waals surface area contributed by atoms with Gasteiger partial charge in [0.05, 0.1) is 6.26 Å². The average molecular weight is 269 g/mol. The maximum absolute atomic E-state index is 7.81. The van der Waals surface area contributed by atoms with Gasteiger partial charge in [-0.15, -0.1) is 0 Å². The van der Waals surface area contributed by atoms with Crippen LogP contribution in [-0.2, 0) is 30.9 Å². The second kappa shape index (κ2) is 11.7. The Balaban J connectivity index is -0.000000125. The fourth-order valence-corrected chi connectivity index (χ4v) is 0.0861. The summed E-state index contributed by atoms with van der Waals surface area (Å²) in [6.45, 7) is 3.06. The molecule has 0 aromatic heterocycles. The minimum atomic E-state index is -1.72. The Morgan fingerprint density at radius 1 is 1.50 bits per heavy atom. The maximum atomic E-state index is 7.81. The summed E-state index contributed by atoms with van der Waals surface area (Å²) in [5.41, 5.74) is 0. The summed E-state index contributed by atoms with van der Waals surface area (Å²) in [6, 6.07) is 0. The summed E-state index contributed by atoms with van der Waals surface area (Å²) < 4.78 is 3.92. The summed E-state index contributed by atoms with van der Waals surface area (Å²) in [5.74, 6) is 0. The quantitative estimate of drug-likeness (QED) is 0.459. The second-order valence-corrected chi connectivity index (χ2v) is 0.629. The molecule has 0 aromatic rings. The summed E-state index contributed by atoms with van der Waals surface area (Å²) in [6.07, 6.45) is 0.949. The van der Waals surface area contributed by atoms with E-state index < -0.39 is 7.32 Å². The maximum Gasteiger partial charge on any atom is 0 e. The zero-order valence-electron chi connectivity index (χ0n) is 3.66. The molecule has 6 heteroatoms. The third-order valence-electron chi connectivity index (χ3n) is 0.218. The smallest absolute Gasteiger partial charge is 0 e. The first-order valence-corrected chi connectivity index (χ1v) is 1.40. The Labute approximate surface area is 105 Å². The van der Waals surface area contributed by atoms with E-state index in [0.29, 0.717) is 0 Å². The van der Waals surface area contributed by atoms with Gasteiger partial charge in [0.15, 0.2) is 0 Å². The predicted molar refractivity (Wildman–Crippen MR) is 30.0 cm³/mol. The van der Waals surface area contributed by atoms with Crippen molar-refractivity contribution in [3.8, 4) is 0 Å². The van der Waals surface area contributed by atoms with Gasteiger partial charge in [-0.2, -0.15) is 0 Å². The normalized spacial score (nSPS) is 5.25. The van der Waals surface area contributed by atoms with Crippen molar-refractivity contribution in [2.45, 2.75) is 0 Å². The molecule has 0 aliphatic rings. The molecule has 0 aliphatic carbocycles. The molecule has 0 atom stereocenters. The van der Waals surface area contributed by atoms with Crippen LogP contribution in [0.15, 0.2) is 12.8 Å². The van der Waals surface area contributed by atoms with Crippen molar-refractivity contribution in [1.29, 1.82) is 0 Å². The topological polar surface area (TPSA) is 49.7 Å². The first kappa shape index (κ1) is 16.5. The molecule has 0 heterocycles. The Bertz CT molecular complexity index is 52.5. The van der Waals surface area contributed by atoms with Crippen LogP contribution in [-0.4, -0.2) is 62.9 Å². The molecule has 0 aromatic carbocycles. The molecular weight excluding hydrogens is 262 g/mol. The van der Waals surface area contributed by atoms with Crippen molar-refractivity contribution in [3.63, 3.8) is 0 Å². The van der Waals surface area contributed by atoms with Crippen LogP contribution < -0.4 is 0 Å². The first-order chi connectivity index (χ1) is 2.77. The Morgan fingerprint density at radius 3 is 1.88 bits per heavy atom. The standard InChI is InChI=1S/C2H5BO3.Sr.Zr.2H/c1-2-6-3(4)5;;;;/h2,4-5H,1H2;;;;. The molecule has 0 radical (unpaired) electrons. The van der Waals surface area contributed by atoms with Crippen molar-refractivity contribution < 1.29 is 40.9 Å². The largest absolute Gasteiger partial charge is 0 e. The summed E-state index contributed by atoms with van der Waals surface area (Å²) in [7, 11) is -1.72. The molecule has 0 amide bonds. The van der Waals surface area contributed by atoms with E-state index in [1.54, 1.807) is 0 Å². The van der Waals surface area contributed by atoms with Gasteiger partial charge in [0.2, 0.25) is 0 Å². The van der Waals surface area contributed by atoms with Crippen LogP contribution in [0.5, 0.6) is 0 Å². The molecule has 2 N–H and O–H groups in total. The van der Waals surface area contributed by atoms with Crippen LogP contribution in [0.4, 0.5) is 0 Å². The Hall–Kier alpha value is 1.89. The monoisotopic (exact) mass is 268 g/mol. The molecule has 0 saturated heterocycles. The van der Waals surface area contributed by atoms with Gasteiger partial charge in [0.1, 0.15) is 0 Å². The number of hydrogen-bond donors (Lipinski definition) is 2. The zero-order valence-corrected chi connectivity index (χ0v) is 6.12. The van der Waals surface area contributed by atoms with Crippen LogP contribution in [0.3, 0.4) is 0 Å². The van der Waals surface area contributed by atoms with Gasteiger partial charge < -0.3 is 14.7 Å². The van der Waals surface area contributed by atoms with Gasteiger partial charge in [0, 0.05) is 26.2 Å². The summed E-state index contributed by atoms with van der Waals surface area (Å²) >= 11 is 0. The first-order valence-electron chi connectivity index (χ1n) is 1.40. The minimum absolute atomic E-state index is 0. The molecule has 0 rings (SSSR count). The van der Waals surface area contributed by atoms with E-state index in [2.05, 4.69) is 11.2 Å². The summed E-state index contributed by atoms with van der Waals surface area (Å²) in [5, 5.41) is 15.6. The molecule has 0 saturated carbocycles. The molecule has 0 unspecified atom stereocenters. The molecule has 0 aliphatic heterocycles. The van der Waals surface area contributed by atoms with E-state index >= 15 is 0 Å². The third-order valence-corrected chi connectivity index (χ3v) is 0.218. The van der Waals surface area contributed by atoms with Crippen LogP contribution in [0, 0.1) is 0 Å². The fraction of sp³-hybridized carbons (Fsp3) is 0. The van der Waals surface area contributed by atoms with Crippen molar-refractivity contribution in [3.05, 3.63) is 12.8 Å². The molecule has 8 heavy (non-hydrogen) atoms. The number of rotatable bonds is 2. The van der Waals surface area contributed by atoms with E-state index in [1.165, 1.54) is 0 Å². The third kappa shape index (κ3) is 15.7. The van der Waals surface area contributed by atoms with Crippen molar-refractivity contribution in [2.75, 3.05) is 0 Å². The Kier molecular flexibility index (Phi) is 24.0. The zero-order chi connectivity index (χ0) is 4.99. The predicted octanol–water partition coefficient (Wildman–Crippen LogP) is -1.80. The van der Waals surface area contributed by atoms with Crippen molar-refractivity contribution in [2.24, 2.45) is 0 Å². The molecular formula is C2H7BO3SrZr. The molecule has 0 bridgehead atoms. The minimum Gasteiger partial charge on any atom is 0 e. The average Bonchev–Trinajstić information content (AvgIpc) is 1.35. The van der Waals surface area contributed by atoms with Gasteiger partial charge in [-0.05, 0) is 0 Å². The van der Waals surface area contributed by atoms with E-state index in [1.807, 2.05) is 0 Å². The van der Waals surface area contributed by atoms with Crippen LogP contribution in [0.25, 0.3) is 0 Å². The molecule has 0 spiro atoms. The van der Waals surface area contributed by atoms with Crippen LogP contribution in [0.2, 0.25) is 0 Å². The molecule has 42 valence electrons. The van der Waals surface area contributed by atoms with Crippen molar-refractivity contribution >= 4 is 52.8 Å². The molecule has 3 nitrogen and oxygen atoms in total. The Morgan fingerprint density at radius 2 is 1.88 bits per heavy atom. The molecule has 0 fully saturated rings. The van der Waals surface area contributed by atoms with Crippen LogP contribution in [0.1, 0.15) is 0 Å². The van der Waals surface area contributed by atoms with Gasteiger partial charge >= 0.3 is 52.8 Å². The van der Waals surface area contributed by atoms with E-state index in [-0.39, 0.29) is 71.7 Å². The van der Waals surface area contributed by atoms with E-state index in [0.717, 1.165) is 6.26 Å². The van der Waals surface area contributed by atoms with Crippen LogP contribution >= 0.6 is 0 Å². The van der Waals surface area contributed by atoms with Gasteiger partial charge in [-0.25, -0.2) is 0 Å². The van der Waals surface area contributed by atoms with Gasteiger partial charge in [-0.3, -0.25) is 0 Å². The number of hydrogen-bond acceptors (Lipinski definition) is 3. The van der Waals surface area contributed by atoms with E-state index in [4.69, 9.17) is 10.0 Å². The fourth-order valence-electron chi connectivity index (χ4n) is 0.0861. The van der Waals surface area contributed by atoms with Gasteiger partial charge in [-0.1, -0.05) is 6.58 Å². The van der Waals surface area contributed by atoms with Gasteiger partial charge in [0.25, 0.3) is 0 Å².